The van der Waals surface area contributed by atoms with Gasteiger partial charge in [-0.05, 0) is 50.1 Å². The van der Waals surface area contributed by atoms with E-state index in [0.29, 0.717) is 12.5 Å². The Hall–Kier alpha value is -1.61. The largest absolute Gasteiger partial charge is 0.358 e. The number of nitrogens with one attached hydrogen (secondary N) is 2. The number of fused-ring (bicyclic) bond motifs is 3. The molecule has 2 aromatic rings. The van der Waals surface area contributed by atoms with Crippen LogP contribution in [0.4, 0.5) is 0 Å². The van der Waals surface area contributed by atoms with Crippen molar-refractivity contribution in [3.05, 3.63) is 35.0 Å². The SMILES string of the molecule is CCC(=O)c1ccc2[nH]c3c(c2c1)CC(NC)CC3. The number of rotatable bonds is 3. The topological polar surface area (TPSA) is 44.9 Å². The summed E-state index contributed by atoms with van der Waals surface area (Å²) < 4.78 is 0. The van der Waals surface area contributed by atoms with E-state index in [0.717, 1.165) is 23.9 Å². The van der Waals surface area contributed by atoms with Gasteiger partial charge in [-0.25, -0.2) is 0 Å². The van der Waals surface area contributed by atoms with Crippen LogP contribution in [0.2, 0.25) is 0 Å². The van der Waals surface area contributed by atoms with Gasteiger partial charge in [0.15, 0.2) is 5.78 Å². The first kappa shape index (κ1) is 12.4. The fraction of sp³-hybridized carbons (Fsp3) is 0.438. The maximum Gasteiger partial charge on any atom is 0.162 e. The second-order valence-electron chi connectivity index (χ2n) is 5.35. The number of ketones is 1. The second-order valence-corrected chi connectivity index (χ2v) is 5.35. The lowest BCUT2D eigenvalue weighted by Gasteiger charge is -2.21. The number of hydrogen-bond donors (Lipinski definition) is 2. The van der Waals surface area contributed by atoms with E-state index in [1.807, 2.05) is 26.1 Å². The van der Waals surface area contributed by atoms with Gasteiger partial charge in [0.1, 0.15) is 0 Å². The molecule has 1 aliphatic carbocycles. The summed E-state index contributed by atoms with van der Waals surface area (Å²) in [5, 5.41) is 4.60. The average molecular weight is 256 g/mol. The maximum absolute atomic E-state index is 11.8. The third-order valence-electron chi connectivity index (χ3n) is 4.24. The molecule has 3 nitrogen and oxygen atoms in total. The van der Waals surface area contributed by atoms with E-state index in [4.69, 9.17) is 0 Å². The van der Waals surface area contributed by atoms with Crippen LogP contribution in [0, 0.1) is 0 Å². The van der Waals surface area contributed by atoms with E-state index in [-0.39, 0.29) is 5.78 Å². The van der Waals surface area contributed by atoms with Crippen LogP contribution >= 0.6 is 0 Å². The molecule has 2 N–H and O–H groups in total. The molecule has 1 atom stereocenters. The van der Waals surface area contributed by atoms with Crippen molar-refractivity contribution in [1.82, 2.24) is 10.3 Å². The summed E-state index contributed by atoms with van der Waals surface area (Å²) in [7, 11) is 2.02. The molecule has 0 fully saturated rings. The van der Waals surface area contributed by atoms with E-state index >= 15 is 0 Å². The molecule has 3 rings (SSSR count). The number of carbonyl (C=O) groups excluding carboxylic acids is 1. The summed E-state index contributed by atoms with van der Waals surface area (Å²) in [6.07, 6.45) is 3.89. The number of carbonyl (C=O) groups is 1. The quantitative estimate of drug-likeness (QED) is 0.829. The van der Waals surface area contributed by atoms with Crippen molar-refractivity contribution in [3.8, 4) is 0 Å². The molecule has 1 unspecified atom stereocenters. The molecule has 1 aromatic heterocycles. The van der Waals surface area contributed by atoms with E-state index in [2.05, 4.69) is 16.4 Å². The Morgan fingerprint density at radius 3 is 3.05 bits per heavy atom. The number of likely N-dealkylation sites (N-methyl/N-ethyl adjacent to an activating group) is 1. The van der Waals surface area contributed by atoms with E-state index < -0.39 is 0 Å². The number of aromatic amines is 1. The summed E-state index contributed by atoms with van der Waals surface area (Å²) in [5.74, 6) is 0.220. The van der Waals surface area contributed by atoms with Crippen molar-refractivity contribution in [2.45, 2.75) is 38.6 Å². The van der Waals surface area contributed by atoms with Crippen LogP contribution in [-0.4, -0.2) is 23.9 Å². The van der Waals surface area contributed by atoms with Crippen LogP contribution < -0.4 is 5.32 Å². The molecule has 100 valence electrons. The monoisotopic (exact) mass is 256 g/mol. The summed E-state index contributed by atoms with van der Waals surface area (Å²) in [6, 6.07) is 6.60. The average Bonchev–Trinajstić information content (AvgIpc) is 2.83. The molecule has 0 aliphatic heterocycles. The highest BCUT2D eigenvalue weighted by Gasteiger charge is 2.21. The van der Waals surface area contributed by atoms with Crippen molar-refractivity contribution >= 4 is 16.7 Å². The van der Waals surface area contributed by atoms with Gasteiger partial charge in [0.2, 0.25) is 0 Å². The number of aryl methyl sites for hydroxylation is 1. The van der Waals surface area contributed by atoms with E-state index in [1.165, 1.54) is 23.1 Å². The summed E-state index contributed by atoms with van der Waals surface area (Å²) in [4.78, 5) is 15.4. The van der Waals surface area contributed by atoms with Crippen LogP contribution in [0.5, 0.6) is 0 Å². The molecule has 0 amide bonds. The zero-order valence-electron chi connectivity index (χ0n) is 11.5. The zero-order valence-corrected chi connectivity index (χ0v) is 11.5. The Bertz CT molecular complexity index is 627. The fourth-order valence-electron chi connectivity index (χ4n) is 3.04. The molecule has 1 aliphatic rings. The third-order valence-corrected chi connectivity index (χ3v) is 4.24. The minimum absolute atomic E-state index is 0.220. The molecule has 3 heteroatoms. The minimum Gasteiger partial charge on any atom is -0.358 e. The number of hydrogen-bond acceptors (Lipinski definition) is 2. The van der Waals surface area contributed by atoms with Gasteiger partial charge in [-0.1, -0.05) is 6.92 Å². The van der Waals surface area contributed by atoms with Crippen molar-refractivity contribution in [3.63, 3.8) is 0 Å². The van der Waals surface area contributed by atoms with Gasteiger partial charge in [0.25, 0.3) is 0 Å². The van der Waals surface area contributed by atoms with Crippen LogP contribution in [-0.2, 0) is 12.8 Å². The first-order chi connectivity index (χ1) is 9.22. The van der Waals surface area contributed by atoms with Gasteiger partial charge in [-0.15, -0.1) is 0 Å². The summed E-state index contributed by atoms with van der Waals surface area (Å²) in [5.41, 5.74) is 4.74. The third kappa shape index (κ3) is 2.08. The minimum atomic E-state index is 0.220. The first-order valence-corrected chi connectivity index (χ1v) is 7.07. The van der Waals surface area contributed by atoms with Gasteiger partial charge in [-0.2, -0.15) is 0 Å². The lowest BCUT2D eigenvalue weighted by atomic mass is 9.91. The maximum atomic E-state index is 11.8. The Morgan fingerprint density at radius 1 is 1.47 bits per heavy atom. The molecule has 19 heavy (non-hydrogen) atoms. The van der Waals surface area contributed by atoms with Crippen LogP contribution in [0.15, 0.2) is 18.2 Å². The molecule has 0 saturated carbocycles. The summed E-state index contributed by atoms with van der Waals surface area (Å²) >= 11 is 0. The van der Waals surface area contributed by atoms with Gasteiger partial charge < -0.3 is 10.3 Å². The molecule has 1 aromatic carbocycles. The highest BCUT2D eigenvalue weighted by molar-refractivity contribution is 6.00. The highest BCUT2D eigenvalue weighted by Crippen LogP contribution is 2.30. The predicted molar refractivity (Wildman–Crippen MR) is 77.8 cm³/mol. The van der Waals surface area contributed by atoms with E-state index in [1.54, 1.807) is 0 Å². The molecule has 0 saturated heterocycles. The molecule has 1 heterocycles. The fourth-order valence-corrected chi connectivity index (χ4v) is 3.04. The lowest BCUT2D eigenvalue weighted by Crippen LogP contribution is -2.31. The smallest absolute Gasteiger partial charge is 0.162 e. The van der Waals surface area contributed by atoms with Crippen molar-refractivity contribution in [1.29, 1.82) is 0 Å². The van der Waals surface area contributed by atoms with Gasteiger partial charge in [0.05, 0.1) is 0 Å². The number of H-pyrrole nitrogens is 1. The Balaban J connectivity index is 2.09. The van der Waals surface area contributed by atoms with Crippen molar-refractivity contribution in [2.75, 3.05) is 7.05 Å². The summed E-state index contributed by atoms with van der Waals surface area (Å²) in [6.45, 7) is 1.91. The number of benzene rings is 1. The van der Waals surface area contributed by atoms with Crippen molar-refractivity contribution < 1.29 is 4.79 Å². The molecular weight excluding hydrogens is 236 g/mol. The number of aromatic nitrogens is 1. The van der Waals surface area contributed by atoms with Crippen LogP contribution in [0.3, 0.4) is 0 Å². The van der Waals surface area contributed by atoms with Gasteiger partial charge in [0, 0.05) is 34.6 Å². The zero-order chi connectivity index (χ0) is 13.4. The lowest BCUT2D eigenvalue weighted by molar-refractivity contribution is 0.0988. The Kier molecular flexibility index (Phi) is 3.15. The van der Waals surface area contributed by atoms with Crippen LogP contribution in [0.25, 0.3) is 10.9 Å². The first-order valence-electron chi connectivity index (χ1n) is 7.07. The van der Waals surface area contributed by atoms with Crippen LogP contribution in [0.1, 0.15) is 41.4 Å². The predicted octanol–water partition coefficient (Wildman–Crippen LogP) is 2.84. The molecule has 0 bridgehead atoms. The Labute approximate surface area is 113 Å². The van der Waals surface area contributed by atoms with Gasteiger partial charge >= 0.3 is 0 Å². The van der Waals surface area contributed by atoms with Gasteiger partial charge in [-0.3, -0.25) is 4.79 Å². The Morgan fingerprint density at radius 2 is 2.32 bits per heavy atom. The second kappa shape index (κ2) is 4.82. The standard InChI is InChI=1S/C16H20N2O/c1-3-16(19)10-4-6-14-12(8-10)13-9-11(17-2)5-7-15(13)18-14/h4,6,8,11,17-18H,3,5,7,9H2,1-2H3. The molecular formula is C16H20N2O. The van der Waals surface area contributed by atoms with E-state index in [9.17, 15) is 4.79 Å². The normalized spacial score (nSPS) is 18.5. The molecule has 0 spiro atoms. The highest BCUT2D eigenvalue weighted by atomic mass is 16.1. The number of Topliss-reactive ketones (excluding diaryl/α,β-unsaturated/α-hetero) is 1. The molecule has 0 radical (unpaired) electrons. The van der Waals surface area contributed by atoms with Crippen molar-refractivity contribution in [2.24, 2.45) is 0 Å².